The highest BCUT2D eigenvalue weighted by molar-refractivity contribution is 6.32. The number of rotatable bonds is 3. The van der Waals surface area contributed by atoms with Crippen molar-refractivity contribution in [1.82, 2.24) is 0 Å². The number of carbonyl (C=O) groups excluding carboxylic acids is 1. The third-order valence-corrected chi connectivity index (χ3v) is 3.81. The van der Waals surface area contributed by atoms with Crippen molar-refractivity contribution in [2.24, 2.45) is 0 Å². The van der Waals surface area contributed by atoms with E-state index in [0.29, 0.717) is 29.3 Å². The molecule has 0 saturated heterocycles. The maximum atomic E-state index is 13.7. The Bertz CT molecular complexity index is 736. The molecule has 0 atom stereocenters. The van der Waals surface area contributed by atoms with Crippen molar-refractivity contribution in [3.05, 3.63) is 58.6 Å². The highest BCUT2D eigenvalue weighted by Crippen LogP contribution is 2.31. The molecule has 0 aromatic heterocycles. The number of fused-ring (bicyclic) bond motifs is 1. The molecule has 0 spiro atoms. The van der Waals surface area contributed by atoms with Crippen molar-refractivity contribution in [1.29, 1.82) is 0 Å². The van der Waals surface area contributed by atoms with Crippen LogP contribution in [0.5, 0.6) is 5.75 Å². The van der Waals surface area contributed by atoms with Gasteiger partial charge in [0.25, 0.3) is 5.91 Å². The van der Waals surface area contributed by atoms with E-state index >= 15 is 0 Å². The lowest BCUT2D eigenvalue weighted by Crippen LogP contribution is -2.33. The van der Waals surface area contributed by atoms with Crippen LogP contribution in [0.1, 0.15) is 5.56 Å². The standard InChI is InChI=1S/C16H12ClF2NO2/c17-12-3-1-2-4-15(12)22-9-16(21)20-6-5-11-13(19)7-10(18)8-14(11)20/h1-4,7-8H,5-6,9H2. The van der Waals surface area contributed by atoms with Crippen molar-refractivity contribution in [3.8, 4) is 5.75 Å². The Morgan fingerprint density at radius 1 is 1.27 bits per heavy atom. The predicted octanol–water partition coefficient (Wildman–Crippen LogP) is 3.59. The number of hydrogen-bond donors (Lipinski definition) is 0. The van der Waals surface area contributed by atoms with Crippen LogP contribution in [-0.4, -0.2) is 19.1 Å². The number of halogens is 3. The zero-order chi connectivity index (χ0) is 15.7. The van der Waals surface area contributed by atoms with Crippen LogP contribution in [-0.2, 0) is 11.2 Å². The molecule has 1 heterocycles. The SMILES string of the molecule is O=C(COc1ccccc1Cl)N1CCc2c(F)cc(F)cc21. The van der Waals surface area contributed by atoms with Crippen molar-refractivity contribution in [2.75, 3.05) is 18.1 Å². The molecule has 0 unspecified atom stereocenters. The smallest absolute Gasteiger partial charge is 0.264 e. The van der Waals surface area contributed by atoms with Crippen LogP contribution in [0.4, 0.5) is 14.5 Å². The molecule has 0 N–H and O–H groups in total. The van der Waals surface area contributed by atoms with E-state index in [1.54, 1.807) is 24.3 Å². The van der Waals surface area contributed by atoms with Crippen LogP contribution in [0, 0.1) is 11.6 Å². The number of amides is 1. The fraction of sp³-hybridized carbons (Fsp3) is 0.188. The quantitative estimate of drug-likeness (QED) is 0.864. The molecule has 0 saturated carbocycles. The molecule has 2 aromatic rings. The lowest BCUT2D eigenvalue weighted by atomic mass is 10.1. The molecular weight excluding hydrogens is 312 g/mol. The molecule has 2 aromatic carbocycles. The maximum Gasteiger partial charge on any atom is 0.264 e. The minimum atomic E-state index is -0.706. The normalized spacial score (nSPS) is 13.1. The van der Waals surface area contributed by atoms with Crippen LogP contribution < -0.4 is 9.64 Å². The number of hydrogen-bond acceptors (Lipinski definition) is 2. The highest BCUT2D eigenvalue weighted by atomic mass is 35.5. The number of carbonyl (C=O) groups is 1. The van der Waals surface area contributed by atoms with Crippen molar-refractivity contribution in [2.45, 2.75) is 6.42 Å². The summed E-state index contributed by atoms with van der Waals surface area (Å²) in [6.45, 7) is 0.0573. The second-order valence-corrected chi connectivity index (χ2v) is 5.31. The average molecular weight is 324 g/mol. The summed E-state index contributed by atoms with van der Waals surface area (Å²) in [6, 6.07) is 8.77. The van der Waals surface area contributed by atoms with E-state index in [4.69, 9.17) is 16.3 Å². The summed E-state index contributed by atoms with van der Waals surface area (Å²) >= 11 is 5.94. The molecule has 0 aliphatic carbocycles. The van der Waals surface area contributed by atoms with E-state index in [-0.39, 0.29) is 18.2 Å². The van der Waals surface area contributed by atoms with Crippen LogP contribution in [0.25, 0.3) is 0 Å². The second kappa shape index (κ2) is 5.93. The molecule has 1 aliphatic heterocycles. The van der Waals surface area contributed by atoms with Gasteiger partial charge in [0.2, 0.25) is 0 Å². The molecule has 3 rings (SSSR count). The first kappa shape index (κ1) is 14.8. The molecule has 0 radical (unpaired) electrons. The van der Waals surface area contributed by atoms with Crippen LogP contribution >= 0.6 is 11.6 Å². The van der Waals surface area contributed by atoms with Gasteiger partial charge >= 0.3 is 0 Å². The lowest BCUT2D eigenvalue weighted by molar-refractivity contribution is -0.120. The number of benzene rings is 2. The predicted molar refractivity (Wildman–Crippen MR) is 79.4 cm³/mol. The molecule has 1 aliphatic rings. The van der Waals surface area contributed by atoms with Gasteiger partial charge in [-0.15, -0.1) is 0 Å². The maximum absolute atomic E-state index is 13.7. The molecular formula is C16H12ClF2NO2. The second-order valence-electron chi connectivity index (χ2n) is 4.90. The average Bonchev–Trinajstić information content (AvgIpc) is 2.90. The van der Waals surface area contributed by atoms with Crippen LogP contribution in [0.15, 0.2) is 36.4 Å². The van der Waals surface area contributed by atoms with E-state index in [0.717, 1.165) is 6.07 Å². The summed E-state index contributed by atoms with van der Waals surface area (Å²) in [5.74, 6) is -1.31. The minimum Gasteiger partial charge on any atom is -0.482 e. The summed E-state index contributed by atoms with van der Waals surface area (Å²) in [5.41, 5.74) is 0.623. The summed E-state index contributed by atoms with van der Waals surface area (Å²) in [4.78, 5) is 13.6. The summed E-state index contributed by atoms with van der Waals surface area (Å²) in [7, 11) is 0. The number of ether oxygens (including phenoxy) is 1. The van der Waals surface area contributed by atoms with Crippen molar-refractivity contribution < 1.29 is 18.3 Å². The largest absolute Gasteiger partial charge is 0.482 e. The van der Waals surface area contributed by atoms with Gasteiger partial charge in [0.05, 0.1) is 10.7 Å². The lowest BCUT2D eigenvalue weighted by Gasteiger charge is -2.18. The Morgan fingerprint density at radius 2 is 2.05 bits per heavy atom. The van der Waals surface area contributed by atoms with Gasteiger partial charge in [-0.25, -0.2) is 8.78 Å². The zero-order valence-electron chi connectivity index (χ0n) is 11.5. The third kappa shape index (κ3) is 2.76. The molecule has 0 bridgehead atoms. The molecule has 3 nitrogen and oxygen atoms in total. The van der Waals surface area contributed by atoms with Gasteiger partial charge in [0, 0.05) is 18.2 Å². The first-order valence-electron chi connectivity index (χ1n) is 6.72. The highest BCUT2D eigenvalue weighted by Gasteiger charge is 2.28. The molecule has 22 heavy (non-hydrogen) atoms. The van der Waals surface area contributed by atoms with Gasteiger partial charge in [0.1, 0.15) is 17.4 Å². The Kier molecular flexibility index (Phi) is 3.98. The molecule has 0 fully saturated rings. The fourth-order valence-corrected chi connectivity index (χ4v) is 2.65. The van der Waals surface area contributed by atoms with Crippen LogP contribution in [0.2, 0.25) is 5.02 Å². The molecule has 114 valence electrons. The van der Waals surface area contributed by atoms with Gasteiger partial charge in [-0.2, -0.15) is 0 Å². The van der Waals surface area contributed by atoms with Gasteiger partial charge < -0.3 is 9.64 Å². The third-order valence-electron chi connectivity index (χ3n) is 3.50. The Hall–Kier alpha value is -2.14. The zero-order valence-corrected chi connectivity index (χ0v) is 12.2. The van der Waals surface area contributed by atoms with Crippen LogP contribution in [0.3, 0.4) is 0 Å². The fourth-order valence-electron chi connectivity index (χ4n) is 2.46. The van der Waals surface area contributed by atoms with E-state index in [1.807, 2.05) is 0 Å². The van der Waals surface area contributed by atoms with E-state index in [9.17, 15) is 13.6 Å². The summed E-state index contributed by atoms with van der Waals surface area (Å²) in [6.07, 6.45) is 0.360. The van der Waals surface area contributed by atoms with Crippen molar-refractivity contribution >= 4 is 23.2 Å². The van der Waals surface area contributed by atoms with E-state index in [1.165, 1.54) is 11.0 Å². The Morgan fingerprint density at radius 3 is 2.82 bits per heavy atom. The first-order valence-corrected chi connectivity index (χ1v) is 7.09. The number of nitrogens with zero attached hydrogens (tertiary/aromatic N) is 1. The number of para-hydroxylation sites is 1. The van der Waals surface area contributed by atoms with Crippen molar-refractivity contribution in [3.63, 3.8) is 0 Å². The van der Waals surface area contributed by atoms with Gasteiger partial charge in [-0.3, -0.25) is 4.79 Å². The number of anilines is 1. The Balaban J connectivity index is 1.74. The topological polar surface area (TPSA) is 29.5 Å². The van der Waals surface area contributed by atoms with Gasteiger partial charge in [-0.1, -0.05) is 23.7 Å². The van der Waals surface area contributed by atoms with E-state index in [2.05, 4.69) is 0 Å². The van der Waals surface area contributed by atoms with E-state index < -0.39 is 11.6 Å². The first-order chi connectivity index (χ1) is 10.6. The minimum absolute atomic E-state index is 0.249. The summed E-state index contributed by atoms with van der Waals surface area (Å²) < 4.78 is 32.4. The molecule has 6 heteroatoms. The Labute approximate surface area is 131 Å². The van der Waals surface area contributed by atoms with Gasteiger partial charge in [-0.05, 0) is 24.6 Å². The summed E-state index contributed by atoms with van der Waals surface area (Å²) in [5, 5.41) is 0.397. The molecule has 1 amide bonds. The van der Waals surface area contributed by atoms with Gasteiger partial charge in [0.15, 0.2) is 6.61 Å². The monoisotopic (exact) mass is 323 g/mol.